The number of allylic oxidation sites excluding steroid dienone is 2. The zero-order chi connectivity index (χ0) is 12.0. The maximum absolute atomic E-state index is 11.6. The van der Waals surface area contributed by atoms with E-state index in [1.54, 1.807) is 24.3 Å². The molecule has 1 unspecified atom stereocenters. The lowest BCUT2D eigenvalue weighted by Crippen LogP contribution is -2.43. The molecule has 0 amide bonds. The maximum Gasteiger partial charge on any atom is 0.143 e. The van der Waals surface area contributed by atoms with Crippen LogP contribution in [0.2, 0.25) is 0 Å². The molecule has 5 nitrogen and oxygen atoms in total. The van der Waals surface area contributed by atoms with Gasteiger partial charge in [0.2, 0.25) is 0 Å². The molecule has 5 heteroatoms. The number of rotatable bonds is 0. The molecule has 1 aromatic rings. The molecule has 1 aliphatic heterocycles. The summed E-state index contributed by atoms with van der Waals surface area (Å²) >= 11 is 0. The monoisotopic (exact) mass is 229 g/mol. The lowest BCUT2D eigenvalue weighted by molar-refractivity contribution is -0.290. The lowest BCUT2D eigenvalue weighted by Gasteiger charge is -2.35. The molecule has 1 atom stereocenters. The van der Waals surface area contributed by atoms with Gasteiger partial charge in [-0.3, -0.25) is 5.21 Å². The number of para-hydroxylation sites is 1. The molecule has 0 fully saturated rings. The predicted molar refractivity (Wildman–Crippen MR) is 60.5 cm³/mol. The summed E-state index contributed by atoms with van der Waals surface area (Å²) < 4.78 is 0. The molecule has 0 aromatic heterocycles. The fraction of sp³-hybridized carbons (Fsp3) is 0.0833. The van der Waals surface area contributed by atoms with E-state index in [2.05, 4.69) is 4.99 Å². The van der Waals surface area contributed by atoms with Gasteiger partial charge >= 0.3 is 0 Å². The molecule has 2 N–H and O–H groups in total. The van der Waals surface area contributed by atoms with Crippen molar-refractivity contribution >= 4 is 17.1 Å². The van der Waals surface area contributed by atoms with Crippen molar-refractivity contribution in [2.75, 3.05) is 5.06 Å². The largest absolute Gasteiger partial charge is 0.871 e. The molecule has 0 saturated heterocycles. The molecular formula is C12H9N2O3-. The van der Waals surface area contributed by atoms with Gasteiger partial charge in [0.1, 0.15) is 17.5 Å². The Bertz CT molecular complexity index is 575. The molecule has 0 bridgehead atoms. The van der Waals surface area contributed by atoms with Crippen LogP contribution in [0.4, 0.5) is 11.4 Å². The molecule has 1 heterocycles. The van der Waals surface area contributed by atoms with E-state index in [0.717, 1.165) is 5.06 Å². The van der Waals surface area contributed by atoms with Crippen molar-refractivity contribution in [2.24, 2.45) is 4.99 Å². The van der Waals surface area contributed by atoms with E-state index < -0.39 is 6.04 Å². The summed E-state index contributed by atoms with van der Waals surface area (Å²) in [5, 5.41) is 32.2. The highest BCUT2D eigenvalue weighted by Gasteiger charge is 2.30. The number of aromatic hydroxyl groups is 1. The minimum absolute atomic E-state index is 0.0665. The Kier molecular flexibility index (Phi) is 1.96. The second kappa shape index (κ2) is 3.36. The molecule has 0 radical (unpaired) electrons. The number of hydroxylamine groups is 1. The SMILES string of the molecule is [O-]C1=CC=CC2C1=Nc1cccc(O)c1N2O. The fourth-order valence-electron chi connectivity index (χ4n) is 2.00. The fourth-order valence-corrected chi connectivity index (χ4v) is 2.00. The van der Waals surface area contributed by atoms with Crippen LogP contribution in [0.1, 0.15) is 0 Å². The van der Waals surface area contributed by atoms with Gasteiger partial charge in [-0.25, -0.2) is 10.1 Å². The summed E-state index contributed by atoms with van der Waals surface area (Å²) in [6.45, 7) is 0. The number of phenolic OH excluding ortho intramolecular Hbond substituents is 1. The van der Waals surface area contributed by atoms with Gasteiger partial charge in [0.25, 0.3) is 0 Å². The van der Waals surface area contributed by atoms with Gasteiger partial charge in [-0.2, -0.15) is 0 Å². The van der Waals surface area contributed by atoms with E-state index in [-0.39, 0.29) is 22.9 Å². The first-order chi connectivity index (χ1) is 8.18. The Morgan fingerprint density at radius 1 is 1.35 bits per heavy atom. The first-order valence-electron chi connectivity index (χ1n) is 5.13. The van der Waals surface area contributed by atoms with Gasteiger partial charge < -0.3 is 10.2 Å². The lowest BCUT2D eigenvalue weighted by atomic mass is 10.0. The number of anilines is 1. The number of hydrogen-bond acceptors (Lipinski definition) is 5. The quantitative estimate of drug-likeness (QED) is 0.691. The molecule has 0 saturated carbocycles. The van der Waals surface area contributed by atoms with Gasteiger partial charge in [-0.15, -0.1) is 0 Å². The standard InChI is InChI=1S/C12H10N2O3/c15-9-5-2-4-8-11(9)13-7-3-1-6-10(16)12(7)14(8)17/h1-6,8,15-17H/p-1. The van der Waals surface area contributed by atoms with E-state index in [0.29, 0.717) is 5.69 Å². The average Bonchev–Trinajstić information content (AvgIpc) is 2.31. The van der Waals surface area contributed by atoms with Gasteiger partial charge in [-0.1, -0.05) is 30.1 Å². The maximum atomic E-state index is 11.6. The highest BCUT2D eigenvalue weighted by atomic mass is 16.5. The Hall–Kier alpha value is -2.27. The van der Waals surface area contributed by atoms with Crippen LogP contribution in [0.5, 0.6) is 5.75 Å². The molecule has 1 aliphatic carbocycles. The van der Waals surface area contributed by atoms with Gasteiger partial charge in [-0.05, 0) is 12.1 Å². The van der Waals surface area contributed by atoms with Crippen LogP contribution in [0, 0.1) is 0 Å². The molecule has 86 valence electrons. The van der Waals surface area contributed by atoms with Crippen molar-refractivity contribution in [3.8, 4) is 5.75 Å². The van der Waals surface area contributed by atoms with Crippen LogP contribution < -0.4 is 10.2 Å². The highest BCUT2D eigenvalue weighted by Crippen LogP contribution is 2.41. The number of aliphatic imine (C=N–C) groups is 1. The van der Waals surface area contributed by atoms with E-state index >= 15 is 0 Å². The Morgan fingerprint density at radius 2 is 2.18 bits per heavy atom. The zero-order valence-electron chi connectivity index (χ0n) is 8.74. The van der Waals surface area contributed by atoms with Gasteiger partial charge in [0.05, 0.1) is 11.4 Å². The summed E-state index contributed by atoms with van der Waals surface area (Å²) in [5.41, 5.74) is 0.865. The summed E-state index contributed by atoms with van der Waals surface area (Å²) in [4.78, 5) is 4.18. The summed E-state index contributed by atoms with van der Waals surface area (Å²) in [5.74, 6) is -0.297. The average molecular weight is 229 g/mol. The molecule has 3 rings (SSSR count). The van der Waals surface area contributed by atoms with Crippen LogP contribution >= 0.6 is 0 Å². The van der Waals surface area contributed by atoms with E-state index in [1.165, 1.54) is 12.1 Å². The van der Waals surface area contributed by atoms with Crippen molar-refractivity contribution in [3.05, 3.63) is 42.2 Å². The highest BCUT2D eigenvalue weighted by molar-refractivity contribution is 6.10. The Balaban J connectivity index is 2.24. The number of benzene rings is 1. The van der Waals surface area contributed by atoms with Crippen LogP contribution in [0.25, 0.3) is 0 Å². The third kappa shape index (κ3) is 1.33. The summed E-state index contributed by atoms with van der Waals surface area (Å²) in [6, 6.07) is 4.07. The van der Waals surface area contributed by atoms with E-state index in [9.17, 15) is 15.4 Å². The van der Waals surface area contributed by atoms with Crippen LogP contribution in [-0.2, 0) is 0 Å². The molecule has 1 aromatic carbocycles. The van der Waals surface area contributed by atoms with Gasteiger partial charge in [0.15, 0.2) is 0 Å². The number of hydrogen-bond donors (Lipinski definition) is 2. The predicted octanol–water partition coefficient (Wildman–Crippen LogP) is 0.856. The van der Waals surface area contributed by atoms with Crippen molar-refractivity contribution in [1.82, 2.24) is 0 Å². The first kappa shape index (κ1) is 9.92. The molecule has 2 aliphatic rings. The normalized spacial score (nSPS) is 21.5. The smallest absolute Gasteiger partial charge is 0.143 e. The Labute approximate surface area is 97.2 Å². The van der Waals surface area contributed by atoms with Crippen molar-refractivity contribution in [3.63, 3.8) is 0 Å². The number of fused-ring (bicyclic) bond motifs is 2. The van der Waals surface area contributed by atoms with Crippen molar-refractivity contribution in [2.45, 2.75) is 6.04 Å². The third-order valence-corrected chi connectivity index (χ3v) is 2.80. The van der Waals surface area contributed by atoms with Crippen LogP contribution in [0.3, 0.4) is 0 Å². The van der Waals surface area contributed by atoms with Crippen LogP contribution in [0.15, 0.2) is 47.2 Å². The summed E-state index contributed by atoms with van der Waals surface area (Å²) in [7, 11) is 0. The van der Waals surface area contributed by atoms with Crippen molar-refractivity contribution in [1.29, 1.82) is 0 Å². The van der Waals surface area contributed by atoms with E-state index in [4.69, 9.17) is 0 Å². The second-order valence-corrected chi connectivity index (χ2v) is 3.85. The minimum atomic E-state index is -0.631. The zero-order valence-corrected chi connectivity index (χ0v) is 8.74. The number of phenols is 1. The third-order valence-electron chi connectivity index (χ3n) is 2.80. The van der Waals surface area contributed by atoms with E-state index in [1.807, 2.05) is 0 Å². The number of nitrogens with zero attached hydrogens (tertiary/aromatic N) is 2. The molecule has 0 spiro atoms. The first-order valence-corrected chi connectivity index (χ1v) is 5.13. The summed E-state index contributed by atoms with van der Waals surface area (Å²) in [6.07, 6.45) is 4.62. The minimum Gasteiger partial charge on any atom is -0.871 e. The van der Waals surface area contributed by atoms with Crippen LogP contribution in [-0.4, -0.2) is 22.1 Å². The second-order valence-electron chi connectivity index (χ2n) is 3.85. The van der Waals surface area contributed by atoms with Gasteiger partial charge in [0, 0.05) is 0 Å². The topological polar surface area (TPSA) is 79.1 Å². The molecule has 17 heavy (non-hydrogen) atoms. The van der Waals surface area contributed by atoms with Crippen molar-refractivity contribution < 1.29 is 15.4 Å². The molecular weight excluding hydrogens is 220 g/mol. The Morgan fingerprint density at radius 3 is 3.00 bits per heavy atom.